The van der Waals surface area contributed by atoms with Crippen molar-refractivity contribution in [2.45, 2.75) is 26.8 Å². The van der Waals surface area contributed by atoms with Gasteiger partial charge in [0.1, 0.15) is 23.3 Å². The number of nitrogens with zero attached hydrogens (tertiary/aromatic N) is 2. The van der Waals surface area contributed by atoms with Gasteiger partial charge >= 0.3 is 5.97 Å². The van der Waals surface area contributed by atoms with E-state index in [4.69, 9.17) is 18.9 Å². The van der Waals surface area contributed by atoms with Crippen molar-refractivity contribution in [2.75, 3.05) is 27.4 Å². The summed E-state index contributed by atoms with van der Waals surface area (Å²) >= 11 is 4.78. The maximum atomic E-state index is 13.8. The molecule has 1 aromatic heterocycles. The molecule has 1 aliphatic heterocycles. The fourth-order valence-corrected chi connectivity index (χ4v) is 5.72. The molecule has 0 N–H and O–H groups in total. The van der Waals surface area contributed by atoms with Gasteiger partial charge in [0.15, 0.2) is 4.80 Å². The van der Waals surface area contributed by atoms with Crippen LogP contribution in [0.5, 0.6) is 17.2 Å². The molecule has 3 aromatic rings. The van der Waals surface area contributed by atoms with Crippen molar-refractivity contribution in [3.8, 4) is 17.2 Å². The Morgan fingerprint density at radius 2 is 1.89 bits per heavy atom. The van der Waals surface area contributed by atoms with E-state index in [1.807, 2.05) is 25.1 Å². The fourth-order valence-electron chi connectivity index (χ4n) is 4.16. The first-order valence-electron chi connectivity index (χ1n) is 11.7. The van der Waals surface area contributed by atoms with Gasteiger partial charge in [-0.2, -0.15) is 0 Å². The smallest absolute Gasteiger partial charge is 0.338 e. The van der Waals surface area contributed by atoms with Crippen LogP contribution in [0, 0.1) is 0 Å². The Bertz CT molecular complexity index is 1560. The minimum absolute atomic E-state index is 0.194. The third-order valence-corrected chi connectivity index (χ3v) is 7.41. The molecule has 1 atom stereocenters. The molecule has 0 fully saturated rings. The summed E-state index contributed by atoms with van der Waals surface area (Å²) in [7, 11) is 3.09. The summed E-state index contributed by atoms with van der Waals surface area (Å²) in [5, 5.41) is 0. The molecule has 1 aliphatic rings. The van der Waals surface area contributed by atoms with Crippen LogP contribution in [-0.2, 0) is 9.53 Å². The first-order valence-corrected chi connectivity index (χ1v) is 13.3. The lowest BCUT2D eigenvalue weighted by Gasteiger charge is -2.26. The zero-order valence-electron chi connectivity index (χ0n) is 21.2. The van der Waals surface area contributed by atoms with E-state index in [1.165, 1.54) is 23.0 Å². The highest BCUT2D eigenvalue weighted by atomic mass is 79.9. The van der Waals surface area contributed by atoms with E-state index in [9.17, 15) is 9.59 Å². The molecule has 0 saturated heterocycles. The average Bonchev–Trinajstić information content (AvgIpc) is 3.18. The van der Waals surface area contributed by atoms with Crippen LogP contribution in [0.3, 0.4) is 0 Å². The SMILES string of the molecule is CCOC(=O)C1=C(C)N=c2s/c(=C\c3ccc(OCC)c(Br)c3)c(=O)n2[C@@H]1c1ccc(OC)cc1OC. The third-order valence-electron chi connectivity index (χ3n) is 5.81. The van der Waals surface area contributed by atoms with Gasteiger partial charge in [0.2, 0.25) is 0 Å². The molecular weight excluding hydrogens is 560 g/mol. The van der Waals surface area contributed by atoms with Crippen LogP contribution in [0.1, 0.15) is 37.9 Å². The number of halogens is 1. The molecule has 0 unspecified atom stereocenters. The van der Waals surface area contributed by atoms with Crippen LogP contribution < -0.4 is 29.1 Å². The highest BCUT2D eigenvalue weighted by Gasteiger charge is 2.35. The third kappa shape index (κ3) is 5.21. The van der Waals surface area contributed by atoms with Crippen LogP contribution in [0.25, 0.3) is 6.08 Å². The molecule has 10 heteroatoms. The van der Waals surface area contributed by atoms with Gasteiger partial charge in [-0.3, -0.25) is 9.36 Å². The second-order valence-corrected chi connectivity index (χ2v) is 9.90. The molecule has 0 bridgehead atoms. The van der Waals surface area contributed by atoms with Crippen LogP contribution in [-0.4, -0.2) is 38.0 Å². The Morgan fingerprint density at radius 1 is 1.11 bits per heavy atom. The van der Waals surface area contributed by atoms with E-state index in [2.05, 4.69) is 20.9 Å². The average molecular weight is 587 g/mol. The summed E-state index contributed by atoms with van der Waals surface area (Å²) in [4.78, 5) is 32.0. The molecule has 0 spiro atoms. The van der Waals surface area contributed by atoms with Crippen molar-refractivity contribution in [2.24, 2.45) is 4.99 Å². The quantitative estimate of drug-likeness (QED) is 0.371. The van der Waals surface area contributed by atoms with Crippen LogP contribution in [0.4, 0.5) is 0 Å². The van der Waals surface area contributed by atoms with E-state index in [-0.39, 0.29) is 17.7 Å². The van der Waals surface area contributed by atoms with Crippen LogP contribution in [0.15, 0.2) is 61.9 Å². The first kappa shape index (κ1) is 26.7. The number of carbonyl (C=O) groups excluding carboxylic acids is 1. The predicted molar refractivity (Wildman–Crippen MR) is 145 cm³/mol. The van der Waals surface area contributed by atoms with Gasteiger partial charge in [0.25, 0.3) is 5.56 Å². The number of rotatable bonds is 8. The lowest BCUT2D eigenvalue weighted by atomic mass is 9.95. The number of hydrogen-bond donors (Lipinski definition) is 0. The summed E-state index contributed by atoms with van der Waals surface area (Å²) in [6.45, 7) is 6.14. The number of benzene rings is 2. The molecule has 8 nitrogen and oxygen atoms in total. The summed E-state index contributed by atoms with van der Waals surface area (Å²) in [6, 6.07) is 10.1. The van der Waals surface area contributed by atoms with Gasteiger partial charge in [-0.05, 0) is 72.6 Å². The molecule has 4 rings (SSSR count). The fraction of sp³-hybridized carbons (Fsp3) is 0.296. The maximum absolute atomic E-state index is 13.8. The van der Waals surface area contributed by atoms with E-state index in [0.29, 0.717) is 38.7 Å². The number of hydrogen-bond acceptors (Lipinski definition) is 8. The number of allylic oxidation sites excluding steroid dienone is 1. The van der Waals surface area contributed by atoms with E-state index in [0.717, 1.165) is 15.8 Å². The molecule has 194 valence electrons. The first-order chi connectivity index (χ1) is 17.8. The lowest BCUT2D eigenvalue weighted by molar-refractivity contribution is -0.139. The number of methoxy groups -OCH3 is 2. The van der Waals surface area contributed by atoms with Crippen molar-refractivity contribution >= 4 is 39.3 Å². The molecule has 2 heterocycles. The van der Waals surface area contributed by atoms with E-state index < -0.39 is 12.0 Å². The second kappa shape index (κ2) is 11.4. The zero-order valence-corrected chi connectivity index (χ0v) is 23.6. The topological polar surface area (TPSA) is 88.4 Å². The molecule has 0 saturated carbocycles. The standard InChI is InChI=1S/C27H27BrN2O6S/c1-6-35-20-11-8-16(12-19(20)28)13-22-25(31)30-24(18-10-9-17(33-4)14-21(18)34-5)23(26(32)36-7-2)15(3)29-27(30)37-22/h8-14,24H,6-7H2,1-5H3/b22-13-/t24-/m1/s1. The second-order valence-electron chi connectivity index (χ2n) is 8.03. The number of esters is 1. The molecule has 0 radical (unpaired) electrons. The summed E-state index contributed by atoms with van der Waals surface area (Å²) in [5.41, 5.74) is 1.94. The monoisotopic (exact) mass is 586 g/mol. The van der Waals surface area contributed by atoms with Crippen molar-refractivity contribution in [3.05, 3.63) is 83.0 Å². The number of aromatic nitrogens is 1. The normalized spacial score (nSPS) is 15.2. The molecule has 0 amide bonds. The Balaban J connectivity index is 1.94. The number of fused-ring (bicyclic) bond motifs is 1. The Kier molecular flexibility index (Phi) is 8.19. The largest absolute Gasteiger partial charge is 0.497 e. The van der Waals surface area contributed by atoms with Crippen LogP contribution >= 0.6 is 27.3 Å². The molecule has 0 aliphatic carbocycles. The Labute approximate surface area is 226 Å². The highest BCUT2D eigenvalue weighted by Crippen LogP contribution is 2.37. The molecule has 37 heavy (non-hydrogen) atoms. The summed E-state index contributed by atoms with van der Waals surface area (Å²) in [5.74, 6) is 1.26. The maximum Gasteiger partial charge on any atom is 0.338 e. The number of ether oxygens (including phenoxy) is 4. The van der Waals surface area contributed by atoms with E-state index in [1.54, 1.807) is 45.2 Å². The number of thiazole rings is 1. The summed E-state index contributed by atoms with van der Waals surface area (Å²) in [6.07, 6.45) is 1.80. The van der Waals surface area contributed by atoms with Crippen molar-refractivity contribution < 1.29 is 23.7 Å². The Morgan fingerprint density at radius 3 is 2.54 bits per heavy atom. The van der Waals surface area contributed by atoms with Gasteiger partial charge < -0.3 is 18.9 Å². The molecular formula is C27H27BrN2O6S. The highest BCUT2D eigenvalue weighted by molar-refractivity contribution is 9.10. The van der Waals surface area contributed by atoms with Crippen molar-refractivity contribution in [1.29, 1.82) is 0 Å². The lowest BCUT2D eigenvalue weighted by Crippen LogP contribution is -2.40. The Hall–Kier alpha value is -3.37. The van der Waals surface area contributed by atoms with Gasteiger partial charge in [0, 0.05) is 11.6 Å². The van der Waals surface area contributed by atoms with Gasteiger partial charge in [-0.1, -0.05) is 17.4 Å². The van der Waals surface area contributed by atoms with E-state index >= 15 is 0 Å². The minimum Gasteiger partial charge on any atom is -0.497 e. The van der Waals surface area contributed by atoms with Gasteiger partial charge in [0.05, 0.1) is 47.7 Å². The zero-order chi connectivity index (χ0) is 26.7. The van der Waals surface area contributed by atoms with Crippen molar-refractivity contribution in [3.63, 3.8) is 0 Å². The van der Waals surface area contributed by atoms with Gasteiger partial charge in [-0.15, -0.1) is 0 Å². The van der Waals surface area contributed by atoms with Gasteiger partial charge in [-0.25, -0.2) is 9.79 Å². The number of carbonyl (C=O) groups is 1. The van der Waals surface area contributed by atoms with Crippen molar-refractivity contribution in [1.82, 2.24) is 4.57 Å². The summed E-state index contributed by atoms with van der Waals surface area (Å²) < 4.78 is 24.7. The van der Waals surface area contributed by atoms with Crippen LogP contribution in [0.2, 0.25) is 0 Å². The molecule has 2 aromatic carbocycles. The minimum atomic E-state index is -0.787. The predicted octanol–water partition coefficient (Wildman–Crippen LogP) is 3.98.